The van der Waals surface area contributed by atoms with E-state index in [1.54, 1.807) is 6.07 Å². The van der Waals surface area contributed by atoms with Crippen molar-refractivity contribution in [3.05, 3.63) is 22.4 Å². The lowest BCUT2D eigenvalue weighted by molar-refractivity contribution is -0.134. The molecule has 7 heteroatoms. The number of nitrogens with zero attached hydrogens (tertiary/aromatic N) is 1. The molecular weight excluding hydrogens is 386 g/mol. The molecule has 0 aromatic carbocycles. The molecule has 162 valence electrons. The van der Waals surface area contributed by atoms with E-state index >= 15 is 0 Å². The third-order valence-electron chi connectivity index (χ3n) is 5.36. The van der Waals surface area contributed by atoms with Crippen LogP contribution in [0.2, 0.25) is 0 Å². The topological polar surface area (TPSA) is 78.5 Å². The Kier molecular flexibility index (Phi) is 8.25. The maximum Gasteiger partial charge on any atom is 0.262 e. The van der Waals surface area contributed by atoms with E-state index in [2.05, 4.69) is 31.4 Å². The van der Waals surface area contributed by atoms with E-state index in [1.165, 1.54) is 11.3 Å². The number of hydrogen-bond acceptors (Lipinski definition) is 4. The SMILES string of the molecule is CC[C@@H](C)NC(=O)[C@@H](NC(=O)c1cccs1)C1CCN(C(=O)CC(C)(C)C)CC1. The van der Waals surface area contributed by atoms with Crippen LogP contribution >= 0.6 is 11.3 Å². The number of likely N-dealkylation sites (tertiary alicyclic amines) is 1. The lowest BCUT2D eigenvalue weighted by Crippen LogP contribution is -2.55. The maximum atomic E-state index is 12.9. The second kappa shape index (κ2) is 10.2. The number of amides is 3. The van der Waals surface area contributed by atoms with Crippen LogP contribution in [0.1, 0.15) is 70.0 Å². The van der Waals surface area contributed by atoms with Crippen LogP contribution < -0.4 is 10.6 Å². The van der Waals surface area contributed by atoms with Crippen molar-refractivity contribution >= 4 is 29.1 Å². The van der Waals surface area contributed by atoms with Crippen LogP contribution in [-0.4, -0.2) is 47.8 Å². The van der Waals surface area contributed by atoms with Crippen molar-refractivity contribution in [3.8, 4) is 0 Å². The largest absolute Gasteiger partial charge is 0.352 e. The van der Waals surface area contributed by atoms with Gasteiger partial charge in [-0.2, -0.15) is 0 Å². The summed E-state index contributed by atoms with van der Waals surface area (Å²) in [6, 6.07) is 3.06. The first-order chi connectivity index (χ1) is 13.6. The molecule has 0 aliphatic carbocycles. The van der Waals surface area contributed by atoms with Crippen molar-refractivity contribution < 1.29 is 14.4 Å². The second-order valence-corrected chi connectivity index (χ2v) is 10.1. The highest BCUT2D eigenvalue weighted by Gasteiger charge is 2.35. The molecule has 1 aliphatic heterocycles. The number of carbonyl (C=O) groups is 3. The fourth-order valence-corrected chi connectivity index (χ4v) is 4.13. The van der Waals surface area contributed by atoms with Gasteiger partial charge in [0.15, 0.2) is 0 Å². The van der Waals surface area contributed by atoms with Crippen LogP contribution in [0.15, 0.2) is 17.5 Å². The first kappa shape index (κ1) is 23.4. The molecule has 3 amide bonds. The van der Waals surface area contributed by atoms with Gasteiger partial charge in [0, 0.05) is 25.6 Å². The fourth-order valence-electron chi connectivity index (χ4n) is 3.50. The lowest BCUT2D eigenvalue weighted by Gasteiger charge is -2.37. The molecular formula is C22H35N3O3S. The van der Waals surface area contributed by atoms with Crippen molar-refractivity contribution in [3.63, 3.8) is 0 Å². The fraction of sp³-hybridized carbons (Fsp3) is 0.682. The number of nitrogens with one attached hydrogen (secondary N) is 2. The summed E-state index contributed by atoms with van der Waals surface area (Å²) in [6.45, 7) is 11.4. The normalized spacial score (nSPS) is 17.5. The molecule has 1 aliphatic rings. The molecule has 1 aromatic rings. The average molecular weight is 422 g/mol. The van der Waals surface area contributed by atoms with E-state index < -0.39 is 6.04 Å². The van der Waals surface area contributed by atoms with Crippen molar-refractivity contribution in [2.75, 3.05) is 13.1 Å². The van der Waals surface area contributed by atoms with Crippen LogP contribution in [0, 0.1) is 11.3 Å². The van der Waals surface area contributed by atoms with Crippen molar-refractivity contribution in [2.24, 2.45) is 11.3 Å². The van der Waals surface area contributed by atoms with Gasteiger partial charge in [0.25, 0.3) is 5.91 Å². The summed E-state index contributed by atoms with van der Waals surface area (Å²) >= 11 is 1.36. The van der Waals surface area contributed by atoms with E-state index in [4.69, 9.17) is 0 Å². The predicted octanol–water partition coefficient (Wildman–Crippen LogP) is 3.44. The van der Waals surface area contributed by atoms with Gasteiger partial charge in [0.1, 0.15) is 6.04 Å². The minimum Gasteiger partial charge on any atom is -0.352 e. The Morgan fingerprint density at radius 1 is 1.21 bits per heavy atom. The Bertz CT molecular complexity index is 689. The monoisotopic (exact) mass is 421 g/mol. The van der Waals surface area contributed by atoms with Crippen LogP contribution in [0.25, 0.3) is 0 Å². The highest BCUT2D eigenvalue weighted by molar-refractivity contribution is 7.12. The minimum absolute atomic E-state index is 0.0154. The van der Waals surface area contributed by atoms with Crippen molar-refractivity contribution in [1.29, 1.82) is 0 Å². The van der Waals surface area contributed by atoms with Gasteiger partial charge in [-0.15, -0.1) is 11.3 Å². The zero-order valence-corrected chi connectivity index (χ0v) is 19.1. The molecule has 6 nitrogen and oxygen atoms in total. The number of hydrogen-bond donors (Lipinski definition) is 2. The third-order valence-corrected chi connectivity index (χ3v) is 6.23. The third kappa shape index (κ3) is 7.14. The van der Waals surface area contributed by atoms with Gasteiger partial charge in [-0.25, -0.2) is 0 Å². The van der Waals surface area contributed by atoms with Gasteiger partial charge in [-0.05, 0) is 49.0 Å². The Hall–Kier alpha value is -1.89. The van der Waals surface area contributed by atoms with Gasteiger partial charge in [-0.3, -0.25) is 14.4 Å². The Morgan fingerprint density at radius 2 is 1.86 bits per heavy atom. The first-order valence-corrected chi connectivity index (χ1v) is 11.4. The first-order valence-electron chi connectivity index (χ1n) is 10.5. The maximum absolute atomic E-state index is 12.9. The Morgan fingerprint density at radius 3 is 2.38 bits per heavy atom. The quantitative estimate of drug-likeness (QED) is 0.708. The van der Waals surface area contributed by atoms with Crippen LogP contribution in [0.4, 0.5) is 0 Å². The predicted molar refractivity (Wildman–Crippen MR) is 117 cm³/mol. The Labute approximate surface area is 178 Å². The second-order valence-electron chi connectivity index (χ2n) is 9.20. The van der Waals surface area contributed by atoms with E-state index in [1.807, 2.05) is 30.2 Å². The van der Waals surface area contributed by atoms with Crippen LogP contribution in [0.3, 0.4) is 0 Å². The van der Waals surface area contributed by atoms with Gasteiger partial charge in [0.05, 0.1) is 4.88 Å². The minimum atomic E-state index is -0.585. The van der Waals surface area contributed by atoms with Gasteiger partial charge in [-0.1, -0.05) is 33.8 Å². The summed E-state index contributed by atoms with van der Waals surface area (Å²) in [5, 5.41) is 7.82. The van der Waals surface area contributed by atoms with Crippen LogP contribution in [-0.2, 0) is 9.59 Å². The zero-order valence-electron chi connectivity index (χ0n) is 18.3. The molecule has 0 unspecified atom stereocenters. The summed E-state index contributed by atoms with van der Waals surface area (Å²) < 4.78 is 0. The molecule has 2 atom stereocenters. The summed E-state index contributed by atoms with van der Waals surface area (Å²) in [7, 11) is 0. The van der Waals surface area contributed by atoms with Gasteiger partial charge in [0.2, 0.25) is 11.8 Å². The molecule has 2 heterocycles. The van der Waals surface area contributed by atoms with Crippen molar-refractivity contribution in [2.45, 2.75) is 72.4 Å². The van der Waals surface area contributed by atoms with Crippen molar-refractivity contribution in [1.82, 2.24) is 15.5 Å². The molecule has 1 aromatic heterocycles. The molecule has 1 saturated heterocycles. The average Bonchev–Trinajstić information content (AvgIpc) is 3.19. The molecule has 0 spiro atoms. The van der Waals surface area contributed by atoms with Gasteiger partial charge >= 0.3 is 0 Å². The summed E-state index contributed by atoms with van der Waals surface area (Å²) in [6.07, 6.45) is 2.76. The van der Waals surface area contributed by atoms with E-state index in [-0.39, 0.29) is 35.1 Å². The molecule has 2 N–H and O–H groups in total. The molecule has 1 fully saturated rings. The molecule has 0 radical (unpaired) electrons. The summed E-state index contributed by atoms with van der Waals surface area (Å²) in [5.41, 5.74) is -0.0404. The highest BCUT2D eigenvalue weighted by atomic mass is 32.1. The molecule has 29 heavy (non-hydrogen) atoms. The molecule has 0 bridgehead atoms. The summed E-state index contributed by atoms with van der Waals surface area (Å²) in [5.74, 6) is -0.167. The highest BCUT2D eigenvalue weighted by Crippen LogP contribution is 2.25. The molecule has 2 rings (SSSR count). The number of piperidine rings is 1. The van der Waals surface area contributed by atoms with E-state index in [9.17, 15) is 14.4 Å². The van der Waals surface area contributed by atoms with Gasteiger partial charge < -0.3 is 15.5 Å². The standard InChI is InChI=1S/C22H35N3O3S/c1-6-15(2)23-21(28)19(24-20(27)17-8-7-13-29-17)16-9-11-25(12-10-16)18(26)14-22(3,4)5/h7-8,13,15-16,19H,6,9-12,14H2,1-5H3,(H,23,28)(H,24,27)/t15-,19+/m1/s1. The smallest absolute Gasteiger partial charge is 0.262 e. The number of rotatable bonds is 7. The lowest BCUT2D eigenvalue weighted by atomic mass is 9.87. The zero-order chi connectivity index (χ0) is 21.6. The molecule has 0 saturated carbocycles. The number of carbonyl (C=O) groups excluding carboxylic acids is 3. The summed E-state index contributed by atoms with van der Waals surface area (Å²) in [4.78, 5) is 40.5. The van der Waals surface area contributed by atoms with E-state index in [0.717, 1.165) is 6.42 Å². The Balaban J connectivity index is 2.04. The van der Waals surface area contributed by atoms with Crippen LogP contribution in [0.5, 0.6) is 0 Å². The number of thiophene rings is 1. The van der Waals surface area contributed by atoms with E-state index in [0.29, 0.717) is 37.2 Å².